The van der Waals surface area contributed by atoms with E-state index in [0.717, 1.165) is 5.56 Å². The standard InChI is InChI=1S/C53H67N3O18.C43H51N3O14.2ClH/c1-25(2)19-32(54-47(64)44(61)30(20-27-15-12-11-13-16-27)55-49(66)73-51(4,5)6)48(65)70-24-35(57)53(68)22-29-38(34(23-53)72-36-21-31(41(58)26(3)71-36)56-50(67)74-52(7,8)9)46(63)40-39(43(29)60)42(59)28-17-14-18-33(69-10)37(28)45(40)62;1-19(2)13-26(46-41(54)38(51)24(44)14-21-9-6-5-7-10-21)42(55)58-18-29(47)43(56)16-23-32(28(17-43)60-30-15-25(45)35(48)20(3)59-30)40(53)34-33(37(23)50)36(49)22-11-8-12-27(57-4)31(22)39(34)52;;/h11-18,25-26,30-32,34,36,41,44,58,60-61,63,68H,19-24H2,1-10H3,(H,54,64)(H,55,66)(H,56,67);5-12,19-20,24-26,28,30,35,38,48,50-51,53,56H,13-18,44-45H2,1-4H3,(H,46,54);2*1H/t26-,30+,31+,32-,34-,36?,41-,44-,53-;20-,24+,25+,26-,28-,30?,35-,38-,43-;;/m00../s1. The highest BCUT2D eigenvalue weighted by atomic mass is 35.5. The zero-order valence-electron chi connectivity index (χ0n) is 77.5. The number of ketones is 6. The van der Waals surface area contributed by atoms with E-state index in [9.17, 15) is 109 Å². The summed E-state index contributed by atoms with van der Waals surface area (Å²) in [5.74, 6) is -13.5. The van der Waals surface area contributed by atoms with E-state index in [2.05, 4.69) is 21.3 Å². The number of aromatic hydroxyl groups is 4. The molecule has 2 aliphatic heterocycles. The number of amides is 4. The number of phenols is 4. The Labute approximate surface area is 796 Å². The number of methoxy groups -OCH3 is 2. The second kappa shape index (κ2) is 44.4. The van der Waals surface area contributed by atoms with Crippen LogP contribution in [-0.4, -0.2) is 257 Å². The van der Waals surface area contributed by atoms with E-state index in [1.807, 2.05) is 6.07 Å². The van der Waals surface area contributed by atoms with Crippen LogP contribution in [0.1, 0.15) is 231 Å². The number of hydrogen-bond acceptors (Lipinski definition) is 34. The molecule has 2 heterocycles. The number of hydrogen-bond donors (Lipinski definition) is 16. The number of carbonyl (C=O) groups excluding carboxylic acids is 12. The van der Waals surface area contributed by atoms with Crippen LogP contribution in [0.4, 0.5) is 9.59 Å². The van der Waals surface area contributed by atoms with Gasteiger partial charge in [-0.25, -0.2) is 19.2 Å². The minimum atomic E-state index is -2.61. The Morgan fingerprint density at radius 1 is 0.507 bits per heavy atom. The third-order valence-corrected chi connectivity index (χ3v) is 23.9. The van der Waals surface area contributed by atoms with E-state index in [1.54, 1.807) is 131 Å². The van der Waals surface area contributed by atoms with Gasteiger partial charge in [-0.05, 0) is 116 Å². The molecule has 0 bridgehead atoms. The molecular weight excluding hydrogens is 1820 g/mol. The van der Waals surface area contributed by atoms with Crippen LogP contribution in [0.2, 0.25) is 0 Å². The summed E-state index contributed by atoms with van der Waals surface area (Å²) in [6, 6.07) is 19.2. The van der Waals surface area contributed by atoms with Crippen molar-refractivity contribution in [3.63, 3.8) is 0 Å². The zero-order chi connectivity index (χ0) is 98.6. The Bertz CT molecular complexity index is 5460. The Balaban J connectivity index is 0.000000307. The SMILES string of the molecule is COc1cccc2c1C(=O)c1c(O)c3c(c(O)c1C2=O)C[C@@](O)(C(=O)COC(=O)[C@H](CC(C)C)NC(=O)[C@@H](O)[C@@H](Cc1ccccc1)NC(=O)OC(C)(C)C)C[C@@H]3OC1C[C@@H](NC(=O)OC(C)(C)C)[C@@H](O)[C@H](C)O1.COc1cccc2c1C(=O)c1c(O)c3c(c(O)c1C2=O)C[C@@](O)(C(=O)COC(=O)[C@H](CC(C)C)NC(=O)[C@@H](O)[C@H](N)Cc1ccccc1)C[C@@H]3OC1C[C@@H](N)[C@@H](O)[C@H](C)O1.Cl.Cl. The predicted molar refractivity (Wildman–Crippen MR) is 487 cm³/mol. The molecule has 2 unspecified atom stereocenters. The molecule has 6 aromatic rings. The quantitative estimate of drug-likeness (QED) is 0.0139. The molecule has 6 aromatic carbocycles. The fraction of sp³-hybridized carbons (Fsp3) is 0.500. The summed E-state index contributed by atoms with van der Waals surface area (Å²) in [6.45, 7) is 17.7. The van der Waals surface area contributed by atoms with E-state index in [0.29, 0.717) is 5.56 Å². The number of nitrogens with two attached hydrogens (primary N) is 2. The molecule has 2 saturated heterocycles. The topological polar surface area (TPSA) is 600 Å². The molecule has 0 aromatic heterocycles. The molecular formula is C96H120Cl2N6O32. The summed E-state index contributed by atoms with van der Waals surface area (Å²) in [5.41, 5.74) is 2.66. The number of aliphatic hydroxyl groups is 6. The lowest BCUT2D eigenvalue weighted by Crippen LogP contribution is -2.56. The lowest BCUT2D eigenvalue weighted by molar-refractivity contribution is -0.249. The van der Waals surface area contributed by atoms with Crippen molar-refractivity contribution in [1.82, 2.24) is 21.3 Å². The number of halogens is 2. The first-order chi connectivity index (χ1) is 62.9. The molecule has 12 rings (SSSR count). The number of carbonyl (C=O) groups is 12. The molecule has 6 aliphatic rings. The van der Waals surface area contributed by atoms with Crippen molar-refractivity contribution < 1.29 is 156 Å². The van der Waals surface area contributed by atoms with E-state index < -0.39 is 275 Å². The van der Waals surface area contributed by atoms with Crippen molar-refractivity contribution in [2.75, 3.05) is 27.4 Å². The predicted octanol–water partition coefficient (Wildman–Crippen LogP) is 6.00. The number of benzene rings is 6. The van der Waals surface area contributed by atoms with Gasteiger partial charge in [0.25, 0.3) is 11.8 Å². The highest BCUT2D eigenvalue weighted by molar-refractivity contribution is 6.32. The normalized spacial score (nSPS) is 23.4. The molecule has 2 fully saturated rings. The number of fused-ring (bicyclic) bond motifs is 6. The van der Waals surface area contributed by atoms with Gasteiger partial charge in [-0.3, -0.25) is 38.4 Å². The average Bonchev–Trinajstić information content (AvgIpc) is 0.712. The fourth-order valence-corrected chi connectivity index (χ4v) is 17.3. The summed E-state index contributed by atoms with van der Waals surface area (Å²) in [7, 11) is 2.58. The van der Waals surface area contributed by atoms with Crippen molar-refractivity contribution in [3.8, 4) is 34.5 Å². The van der Waals surface area contributed by atoms with Crippen molar-refractivity contribution in [2.24, 2.45) is 23.3 Å². The van der Waals surface area contributed by atoms with Crippen LogP contribution >= 0.6 is 24.8 Å². The van der Waals surface area contributed by atoms with Gasteiger partial charge in [0, 0.05) is 84.0 Å². The molecule has 4 aliphatic carbocycles. The molecule has 18 atom stereocenters. The van der Waals surface area contributed by atoms with E-state index in [4.69, 9.17) is 58.8 Å². The first-order valence-electron chi connectivity index (χ1n) is 44.0. The van der Waals surface area contributed by atoms with Gasteiger partial charge in [-0.15, -0.1) is 24.8 Å². The third-order valence-electron chi connectivity index (χ3n) is 23.9. The monoisotopic (exact) mass is 1940 g/mol. The lowest BCUT2D eigenvalue weighted by Gasteiger charge is -2.43. The zero-order valence-corrected chi connectivity index (χ0v) is 79.2. The van der Waals surface area contributed by atoms with Crippen molar-refractivity contribution in [1.29, 1.82) is 0 Å². The molecule has 0 spiro atoms. The van der Waals surface area contributed by atoms with Gasteiger partial charge >= 0.3 is 24.1 Å². The van der Waals surface area contributed by atoms with Crippen molar-refractivity contribution in [2.45, 2.75) is 267 Å². The molecule has 40 heteroatoms. The second-order valence-corrected chi connectivity index (χ2v) is 37.4. The van der Waals surface area contributed by atoms with Crippen molar-refractivity contribution >= 4 is 95.5 Å². The Hall–Kier alpha value is -11.3. The number of esters is 2. The van der Waals surface area contributed by atoms with Crippen LogP contribution in [-0.2, 0) is 92.3 Å². The maximum absolute atomic E-state index is 14.4. The molecule has 0 saturated carbocycles. The van der Waals surface area contributed by atoms with Gasteiger partial charge in [0.15, 0.2) is 43.5 Å². The first kappa shape index (κ1) is 108. The molecule has 740 valence electrons. The number of nitrogens with one attached hydrogen (secondary N) is 4. The van der Waals surface area contributed by atoms with E-state index in [-0.39, 0.29) is 131 Å². The number of rotatable bonds is 30. The molecule has 38 nitrogen and oxygen atoms in total. The van der Waals surface area contributed by atoms with Crippen LogP contribution in [0.15, 0.2) is 97.1 Å². The van der Waals surface area contributed by atoms with Gasteiger partial charge < -0.3 is 131 Å². The van der Waals surface area contributed by atoms with Crippen LogP contribution in [0, 0.1) is 11.8 Å². The Morgan fingerprint density at radius 2 is 0.897 bits per heavy atom. The lowest BCUT2D eigenvalue weighted by atomic mass is 9.72. The van der Waals surface area contributed by atoms with Gasteiger partial charge in [0.1, 0.15) is 81.2 Å². The average molecular weight is 1940 g/mol. The molecule has 18 N–H and O–H groups in total. The Kier molecular flexibility index (Phi) is 35.4. The maximum atomic E-state index is 14.4. The van der Waals surface area contributed by atoms with Gasteiger partial charge in [0.05, 0.1) is 90.2 Å². The third kappa shape index (κ3) is 24.4. The maximum Gasteiger partial charge on any atom is 0.407 e. The van der Waals surface area contributed by atoms with Crippen LogP contribution in [0.25, 0.3) is 0 Å². The second-order valence-electron chi connectivity index (χ2n) is 37.4. The van der Waals surface area contributed by atoms with E-state index >= 15 is 0 Å². The smallest absolute Gasteiger partial charge is 0.407 e. The number of Topliss-reactive ketones (excluding diaryl/α,β-unsaturated/α-hetero) is 2. The Morgan fingerprint density at radius 3 is 1.30 bits per heavy atom. The number of phenolic OH excluding ortho intramolecular Hbond substituents is 4. The highest BCUT2D eigenvalue weighted by Crippen LogP contribution is 2.55. The van der Waals surface area contributed by atoms with Crippen molar-refractivity contribution in [3.05, 3.63) is 175 Å². The fourth-order valence-electron chi connectivity index (χ4n) is 17.3. The van der Waals surface area contributed by atoms with Gasteiger partial charge in [0.2, 0.25) is 23.1 Å². The summed E-state index contributed by atoms with van der Waals surface area (Å²) in [5, 5.41) is 126. The molecule has 4 amide bonds. The first-order valence-corrected chi connectivity index (χ1v) is 44.0. The number of ether oxygens (including phenoxy) is 10. The minimum absolute atomic E-state index is 0. The summed E-state index contributed by atoms with van der Waals surface area (Å²) in [4.78, 5) is 165. The molecule has 0 radical (unpaired) electrons. The number of aliphatic hydroxyl groups excluding tert-OH is 4. The van der Waals surface area contributed by atoms with Crippen LogP contribution < -0.4 is 42.2 Å². The van der Waals surface area contributed by atoms with E-state index in [1.165, 1.54) is 57.5 Å². The molecule has 136 heavy (non-hydrogen) atoms. The minimum Gasteiger partial charge on any atom is -0.507 e. The highest BCUT2D eigenvalue weighted by Gasteiger charge is 2.55. The van der Waals surface area contributed by atoms with Gasteiger partial charge in [-0.2, -0.15) is 0 Å². The van der Waals surface area contributed by atoms with Crippen LogP contribution in [0.3, 0.4) is 0 Å². The summed E-state index contributed by atoms with van der Waals surface area (Å²) >= 11 is 0. The van der Waals surface area contributed by atoms with Crippen LogP contribution in [0.5, 0.6) is 34.5 Å². The number of alkyl carbamates (subject to hydrolysis) is 2. The summed E-state index contributed by atoms with van der Waals surface area (Å²) in [6.07, 6.45) is -18.4. The van der Waals surface area contributed by atoms with Gasteiger partial charge in [-0.1, -0.05) is 113 Å². The largest absolute Gasteiger partial charge is 0.507 e. The summed E-state index contributed by atoms with van der Waals surface area (Å²) < 4.78 is 56.6.